The topological polar surface area (TPSA) is 37.1 Å². The molecule has 0 saturated carbocycles. The lowest BCUT2D eigenvalue weighted by Gasteiger charge is -1.98. The van der Waals surface area contributed by atoms with Gasteiger partial charge in [-0.15, -0.1) is 0 Å². The van der Waals surface area contributed by atoms with Gasteiger partial charge < -0.3 is 0 Å². The Hall–Kier alpha value is -1.25. The lowest BCUT2D eigenvalue weighted by Crippen LogP contribution is -2.03. The van der Waals surface area contributed by atoms with E-state index < -0.39 is 0 Å². The third-order valence-electron chi connectivity index (χ3n) is 1.31. The molecule has 0 amide bonds. The molecular formula is C6H5N3. The van der Waals surface area contributed by atoms with Gasteiger partial charge in [-0.2, -0.15) is 10.2 Å². The zero-order valence-electron chi connectivity index (χ0n) is 4.78. The van der Waals surface area contributed by atoms with E-state index in [1.807, 2.05) is 6.21 Å². The molecule has 0 bridgehead atoms. The van der Waals surface area contributed by atoms with E-state index in [1.165, 1.54) is 0 Å². The van der Waals surface area contributed by atoms with E-state index in [-0.39, 0.29) is 0 Å². The van der Waals surface area contributed by atoms with E-state index in [2.05, 4.69) is 15.2 Å². The van der Waals surface area contributed by atoms with Crippen LogP contribution in [-0.4, -0.2) is 18.1 Å². The molecule has 0 radical (unpaired) electrons. The molecule has 0 aromatic rings. The van der Waals surface area contributed by atoms with Crippen LogP contribution in [0.5, 0.6) is 0 Å². The van der Waals surface area contributed by atoms with Crippen LogP contribution in [0.4, 0.5) is 0 Å². The summed E-state index contributed by atoms with van der Waals surface area (Å²) in [6.07, 6.45) is 6.16. The second-order valence-corrected chi connectivity index (χ2v) is 1.91. The van der Waals surface area contributed by atoms with Gasteiger partial charge in [0.25, 0.3) is 0 Å². The van der Waals surface area contributed by atoms with Crippen LogP contribution in [0.3, 0.4) is 0 Å². The quantitative estimate of drug-likeness (QED) is 0.452. The van der Waals surface area contributed by atoms with Crippen LogP contribution in [0.25, 0.3) is 0 Å². The van der Waals surface area contributed by atoms with Crippen molar-refractivity contribution in [2.24, 2.45) is 15.2 Å². The fraction of sp³-hybridized carbons (Fsp3) is 0.167. The van der Waals surface area contributed by atoms with E-state index in [1.54, 1.807) is 12.4 Å². The average molecular weight is 119 g/mol. The molecule has 0 unspecified atom stereocenters. The molecule has 2 rings (SSSR count). The molecule has 9 heavy (non-hydrogen) atoms. The summed E-state index contributed by atoms with van der Waals surface area (Å²) >= 11 is 0. The predicted octanol–water partition coefficient (Wildman–Crippen LogP) is 0.785. The van der Waals surface area contributed by atoms with Crippen LogP contribution in [0, 0.1) is 0 Å². The van der Waals surface area contributed by atoms with Crippen molar-refractivity contribution < 1.29 is 0 Å². The molecule has 0 saturated heterocycles. The molecular weight excluding hydrogens is 114 g/mol. The summed E-state index contributed by atoms with van der Waals surface area (Å²) in [5.74, 6) is 0. The maximum Gasteiger partial charge on any atom is 0.0787 e. The fourth-order valence-electron chi connectivity index (χ4n) is 0.832. The van der Waals surface area contributed by atoms with E-state index >= 15 is 0 Å². The minimum atomic E-state index is 0.825. The van der Waals surface area contributed by atoms with Crippen LogP contribution >= 0.6 is 0 Å². The van der Waals surface area contributed by atoms with Gasteiger partial charge in [0.15, 0.2) is 0 Å². The first-order chi connectivity index (χ1) is 4.47. The van der Waals surface area contributed by atoms with Gasteiger partial charge in [0, 0.05) is 24.4 Å². The van der Waals surface area contributed by atoms with Gasteiger partial charge in [0.05, 0.1) is 11.9 Å². The lowest BCUT2D eigenvalue weighted by atomic mass is 10.1. The number of allylic oxidation sites excluding steroid dienone is 1. The first kappa shape index (κ1) is 4.61. The zero-order chi connectivity index (χ0) is 6.10. The summed E-state index contributed by atoms with van der Waals surface area (Å²) in [4.78, 5) is 3.96. The second-order valence-electron chi connectivity index (χ2n) is 1.91. The van der Waals surface area contributed by atoms with Crippen molar-refractivity contribution in [2.45, 2.75) is 6.42 Å². The third-order valence-corrected chi connectivity index (χ3v) is 1.31. The number of hydrogen-bond donors (Lipinski definition) is 0. The fourth-order valence-corrected chi connectivity index (χ4v) is 0.832. The highest BCUT2D eigenvalue weighted by Crippen LogP contribution is 2.09. The molecule has 3 heteroatoms. The van der Waals surface area contributed by atoms with Gasteiger partial charge in [-0.1, -0.05) is 0 Å². The van der Waals surface area contributed by atoms with Crippen LogP contribution in [-0.2, 0) is 0 Å². The number of fused-ring (bicyclic) bond motifs is 1. The van der Waals surface area contributed by atoms with E-state index in [0.717, 1.165) is 17.7 Å². The Morgan fingerprint density at radius 3 is 3.33 bits per heavy atom. The van der Waals surface area contributed by atoms with Crippen molar-refractivity contribution in [3.63, 3.8) is 0 Å². The van der Waals surface area contributed by atoms with Crippen LogP contribution < -0.4 is 0 Å². The Morgan fingerprint density at radius 1 is 1.44 bits per heavy atom. The Kier molecular flexibility index (Phi) is 0.828. The first-order valence-corrected chi connectivity index (χ1v) is 2.79. The van der Waals surface area contributed by atoms with E-state index in [0.29, 0.717) is 0 Å². The van der Waals surface area contributed by atoms with E-state index in [4.69, 9.17) is 0 Å². The van der Waals surface area contributed by atoms with Gasteiger partial charge in [0.2, 0.25) is 0 Å². The van der Waals surface area contributed by atoms with Crippen LogP contribution in [0.2, 0.25) is 0 Å². The second kappa shape index (κ2) is 1.62. The monoisotopic (exact) mass is 119 g/mol. The van der Waals surface area contributed by atoms with Gasteiger partial charge in [-0.05, 0) is 0 Å². The largest absolute Gasteiger partial charge is 0.268 e. The zero-order valence-corrected chi connectivity index (χ0v) is 4.78. The molecule has 0 spiro atoms. The average Bonchev–Trinajstić information content (AvgIpc) is 2.33. The van der Waals surface area contributed by atoms with Gasteiger partial charge in [-0.3, -0.25) is 4.99 Å². The molecule has 0 aromatic heterocycles. The Labute approximate surface area is 52.5 Å². The number of hydrogen-bond acceptors (Lipinski definition) is 3. The third kappa shape index (κ3) is 0.614. The molecule has 0 aliphatic carbocycles. The van der Waals surface area contributed by atoms with Crippen molar-refractivity contribution >= 4 is 18.1 Å². The molecule has 2 aliphatic rings. The van der Waals surface area contributed by atoms with E-state index in [9.17, 15) is 0 Å². The standard InChI is InChI=1S/C6H5N3/c1-2-7-3-5-4-8-9-6(1)5/h2-4H,1H2. The Balaban J connectivity index is 2.46. The Bertz CT molecular complexity index is 245. The predicted molar refractivity (Wildman–Crippen MR) is 37.1 cm³/mol. The molecule has 0 fully saturated rings. The molecule has 44 valence electrons. The SMILES string of the molecule is C1=NC=C2C=NN=C2C1. The van der Waals surface area contributed by atoms with Gasteiger partial charge >= 0.3 is 0 Å². The van der Waals surface area contributed by atoms with Crippen molar-refractivity contribution in [3.05, 3.63) is 11.8 Å². The van der Waals surface area contributed by atoms with Crippen molar-refractivity contribution in [3.8, 4) is 0 Å². The minimum Gasteiger partial charge on any atom is -0.268 e. The maximum absolute atomic E-state index is 3.96. The van der Waals surface area contributed by atoms with Gasteiger partial charge in [0.1, 0.15) is 0 Å². The highest BCUT2D eigenvalue weighted by atomic mass is 15.2. The molecule has 0 N–H and O–H groups in total. The van der Waals surface area contributed by atoms with Gasteiger partial charge in [-0.25, -0.2) is 0 Å². The molecule has 2 aliphatic heterocycles. The Morgan fingerprint density at radius 2 is 2.44 bits per heavy atom. The smallest absolute Gasteiger partial charge is 0.0787 e. The number of rotatable bonds is 0. The maximum atomic E-state index is 3.96. The summed E-state index contributed by atoms with van der Waals surface area (Å²) in [5.41, 5.74) is 2.09. The molecule has 0 aromatic carbocycles. The normalized spacial score (nSPS) is 21.3. The highest BCUT2D eigenvalue weighted by Gasteiger charge is 2.10. The number of nitrogens with zero attached hydrogens (tertiary/aromatic N) is 3. The van der Waals surface area contributed by atoms with Crippen molar-refractivity contribution in [1.82, 2.24) is 0 Å². The summed E-state index contributed by atoms with van der Waals surface area (Å²) in [6, 6.07) is 0. The van der Waals surface area contributed by atoms with Crippen molar-refractivity contribution in [2.75, 3.05) is 0 Å². The summed E-state index contributed by atoms with van der Waals surface area (Å²) < 4.78 is 0. The molecule has 0 atom stereocenters. The summed E-state index contributed by atoms with van der Waals surface area (Å²) in [6.45, 7) is 0. The van der Waals surface area contributed by atoms with Crippen molar-refractivity contribution in [1.29, 1.82) is 0 Å². The molecule has 2 heterocycles. The number of aliphatic imine (C=N–C) groups is 1. The van der Waals surface area contributed by atoms with Crippen LogP contribution in [0.1, 0.15) is 6.42 Å². The highest BCUT2D eigenvalue weighted by molar-refractivity contribution is 6.22. The lowest BCUT2D eigenvalue weighted by molar-refractivity contribution is 1.26. The van der Waals surface area contributed by atoms with Crippen LogP contribution in [0.15, 0.2) is 27.0 Å². The minimum absolute atomic E-state index is 0.825. The summed E-state index contributed by atoms with van der Waals surface area (Å²) in [5, 5.41) is 7.63. The summed E-state index contributed by atoms with van der Waals surface area (Å²) in [7, 11) is 0. The first-order valence-electron chi connectivity index (χ1n) is 2.79. The molecule has 3 nitrogen and oxygen atoms in total.